The van der Waals surface area contributed by atoms with Gasteiger partial charge in [-0.2, -0.15) is 5.26 Å². The van der Waals surface area contributed by atoms with Crippen molar-refractivity contribution in [3.63, 3.8) is 0 Å². The fourth-order valence-electron chi connectivity index (χ4n) is 2.03. The summed E-state index contributed by atoms with van der Waals surface area (Å²) >= 11 is 0. The predicted octanol–water partition coefficient (Wildman–Crippen LogP) is 2.49. The highest BCUT2D eigenvalue weighted by Gasteiger charge is 2.19. The lowest BCUT2D eigenvalue weighted by Crippen LogP contribution is -2.30. The summed E-state index contributed by atoms with van der Waals surface area (Å²) in [5, 5.41) is 8.69. The molecule has 0 bridgehead atoms. The third-order valence-electron chi connectivity index (χ3n) is 3.49. The van der Waals surface area contributed by atoms with E-state index >= 15 is 0 Å². The zero-order valence-corrected chi connectivity index (χ0v) is 13.6. The van der Waals surface area contributed by atoms with E-state index in [0.717, 1.165) is 11.1 Å². The van der Waals surface area contributed by atoms with Gasteiger partial charge in [-0.1, -0.05) is 18.2 Å². The molecule has 0 unspecified atom stereocenters. The van der Waals surface area contributed by atoms with Crippen LogP contribution in [0, 0.1) is 25.2 Å². The van der Waals surface area contributed by atoms with Crippen LogP contribution in [0.15, 0.2) is 47.4 Å². The second kappa shape index (κ2) is 6.63. The van der Waals surface area contributed by atoms with Crippen LogP contribution in [0.1, 0.15) is 27.0 Å². The molecule has 118 valence electrons. The molecule has 0 fully saturated rings. The largest absolute Gasteiger partial charge is 0.268 e. The van der Waals surface area contributed by atoms with Crippen molar-refractivity contribution in [1.29, 1.82) is 5.26 Å². The number of carbonyl (C=O) groups is 1. The maximum absolute atomic E-state index is 12.3. The van der Waals surface area contributed by atoms with E-state index in [9.17, 15) is 13.2 Å². The molecule has 0 aliphatic heterocycles. The van der Waals surface area contributed by atoms with Crippen LogP contribution in [0.3, 0.4) is 0 Å². The summed E-state index contributed by atoms with van der Waals surface area (Å²) in [6, 6.07) is 13.0. The quantitative estimate of drug-likeness (QED) is 0.934. The van der Waals surface area contributed by atoms with Crippen LogP contribution in [0.2, 0.25) is 0 Å². The van der Waals surface area contributed by atoms with Crippen molar-refractivity contribution in [2.45, 2.75) is 25.2 Å². The van der Waals surface area contributed by atoms with Gasteiger partial charge in [0.05, 0.1) is 17.4 Å². The molecule has 0 saturated heterocycles. The van der Waals surface area contributed by atoms with Crippen molar-refractivity contribution in [3.05, 3.63) is 64.7 Å². The van der Waals surface area contributed by atoms with Gasteiger partial charge in [-0.3, -0.25) is 4.79 Å². The van der Waals surface area contributed by atoms with E-state index in [4.69, 9.17) is 5.26 Å². The van der Waals surface area contributed by atoms with E-state index in [1.54, 1.807) is 18.2 Å². The molecule has 5 nitrogen and oxygen atoms in total. The van der Waals surface area contributed by atoms with Crippen LogP contribution >= 0.6 is 0 Å². The Labute approximate surface area is 135 Å². The Bertz CT molecular complexity index is 896. The number of nitrogens with zero attached hydrogens (tertiary/aromatic N) is 1. The number of hydrogen-bond donors (Lipinski definition) is 1. The highest BCUT2D eigenvalue weighted by molar-refractivity contribution is 7.90. The lowest BCUT2D eigenvalue weighted by Gasteiger charge is -2.09. The third-order valence-corrected chi connectivity index (χ3v) is 4.82. The van der Waals surface area contributed by atoms with Crippen molar-refractivity contribution in [2.75, 3.05) is 0 Å². The Morgan fingerprint density at radius 3 is 2.52 bits per heavy atom. The first kappa shape index (κ1) is 16.7. The Balaban J connectivity index is 2.26. The average Bonchev–Trinajstić information content (AvgIpc) is 2.50. The molecule has 23 heavy (non-hydrogen) atoms. The van der Waals surface area contributed by atoms with Gasteiger partial charge in [0.25, 0.3) is 15.9 Å². The molecule has 6 heteroatoms. The number of aryl methyl sites for hydroxylation is 2. The average molecular weight is 328 g/mol. The minimum Gasteiger partial charge on any atom is -0.268 e. The minimum atomic E-state index is -3.94. The van der Waals surface area contributed by atoms with Gasteiger partial charge in [0.1, 0.15) is 0 Å². The molecule has 2 aromatic rings. The van der Waals surface area contributed by atoms with Crippen molar-refractivity contribution >= 4 is 15.9 Å². The molecule has 0 spiro atoms. The molecule has 0 aliphatic carbocycles. The number of amides is 1. The second-order valence-electron chi connectivity index (χ2n) is 5.22. The standard InChI is InChI=1S/C17H16N2O3S/c1-12-6-7-16(10-13(12)2)23(21,22)19-17(20)15-5-3-4-14(11-15)8-9-18/h3-7,10-11H,8H2,1-2H3,(H,19,20). The number of sulfonamides is 1. The number of carbonyl (C=O) groups excluding carboxylic acids is 1. The van der Waals surface area contributed by atoms with Crippen LogP contribution in [-0.2, 0) is 16.4 Å². The molecule has 0 radical (unpaired) electrons. The van der Waals surface area contributed by atoms with Gasteiger partial charge in [0.15, 0.2) is 0 Å². The second-order valence-corrected chi connectivity index (χ2v) is 6.90. The van der Waals surface area contributed by atoms with Crippen molar-refractivity contribution in [1.82, 2.24) is 4.72 Å². The molecule has 1 amide bonds. The molecular weight excluding hydrogens is 312 g/mol. The maximum atomic E-state index is 12.3. The summed E-state index contributed by atoms with van der Waals surface area (Å²) in [7, 11) is -3.94. The molecule has 1 N–H and O–H groups in total. The van der Waals surface area contributed by atoms with Crippen LogP contribution in [0.5, 0.6) is 0 Å². The number of rotatable bonds is 4. The number of benzene rings is 2. The normalized spacial score (nSPS) is 10.8. The molecule has 2 rings (SSSR count). The number of nitriles is 1. The predicted molar refractivity (Wildman–Crippen MR) is 86.3 cm³/mol. The first-order valence-electron chi connectivity index (χ1n) is 6.94. The number of hydrogen-bond acceptors (Lipinski definition) is 4. The fraction of sp³-hybridized carbons (Fsp3) is 0.176. The van der Waals surface area contributed by atoms with Gasteiger partial charge in [0, 0.05) is 5.56 Å². The van der Waals surface area contributed by atoms with E-state index in [2.05, 4.69) is 4.72 Å². The summed E-state index contributed by atoms with van der Waals surface area (Å²) in [5.74, 6) is -0.719. The summed E-state index contributed by atoms with van der Waals surface area (Å²) in [4.78, 5) is 12.2. The van der Waals surface area contributed by atoms with Crippen LogP contribution in [-0.4, -0.2) is 14.3 Å². The lowest BCUT2D eigenvalue weighted by molar-refractivity contribution is 0.0981. The van der Waals surface area contributed by atoms with Crippen molar-refractivity contribution in [2.24, 2.45) is 0 Å². The highest BCUT2D eigenvalue weighted by atomic mass is 32.2. The Kier molecular flexibility index (Phi) is 4.82. The van der Waals surface area contributed by atoms with Crippen molar-refractivity contribution < 1.29 is 13.2 Å². The minimum absolute atomic E-state index is 0.0436. The van der Waals surface area contributed by atoms with Gasteiger partial charge < -0.3 is 0 Å². The highest BCUT2D eigenvalue weighted by Crippen LogP contribution is 2.15. The van der Waals surface area contributed by atoms with Crippen LogP contribution < -0.4 is 4.72 Å². The van der Waals surface area contributed by atoms with Gasteiger partial charge in [0.2, 0.25) is 0 Å². The monoisotopic (exact) mass is 328 g/mol. The van der Waals surface area contributed by atoms with E-state index in [0.29, 0.717) is 5.56 Å². The zero-order valence-electron chi connectivity index (χ0n) is 12.8. The molecule has 2 aromatic carbocycles. The Morgan fingerprint density at radius 2 is 1.87 bits per heavy atom. The van der Waals surface area contributed by atoms with E-state index in [1.807, 2.05) is 19.9 Å². The van der Waals surface area contributed by atoms with E-state index in [-0.39, 0.29) is 16.9 Å². The molecule has 0 heterocycles. The molecule has 0 saturated carbocycles. The first-order chi connectivity index (χ1) is 10.8. The zero-order chi connectivity index (χ0) is 17.0. The van der Waals surface area contributed by atoms with Crippen LogP contribution in [0.25, 0.3) is 0 Å². The number of nitrogens with one attached hydrogen (secondary N) is 1. The maximum Gasteiger partial charge on any atom is 0.265 e. The van der Waals surface area contributed by atoms with Gasteiger partial charge in [-0.25, -0.2) is 13.1 Å². The summed E-state index contributed by atoms with van der Waals surface area (Å²) in [6.45, 7) is 3.69. The summed E-state index contributed by atoms with van der Waals surface area (Å²) in [6.07, 6.45) is 0.158. The van der Waals surface area contributed by atoms with Gasteiger partial charge in [-0.05, 0) is 54.8 Å². The van der Waals surface area contributed by atoms with E-state index in [1.165, 1.54) is 24.3 Å². The van der Waals surface area contributed by atoms with Crippen LogP contribution in [0.4, 0.5) is 0 Å². The summed E-state index contributed by atoms with van der Waals surface area (Å²) < 4.78 is 26.7. The summed E-state index contributed by atoms with van der Waals surface area (Å²) in [5.41, 5.74) is 2.66. The van der Waals surface area contributed by atoms with E-state index < -0.39 is 15.9 Å². The van der Waals surface area contributed by atoms with Crippen molar-refractivity contribution in [3.8, 4) is 6.07 Å². The molecule has 0 aromatic heterocycles. The molecular formula is C17H16N2O3S. The SMILES string of the molecule is Cc1ccc(S(=O)(=O)NC(=O)c2cccc(CC#N)c2)cc1C. The topological polar surface area (TPSA) is 87.0 Å². The molecule has 0 atom stereocenters. The third kappa shape index (κ3) is 3.96. The van der Waals surface area contributed by atoms with Gasteiger partial charge in [-0.15, -0.1) is 0 Å². The fourth-order valence-corrected chi connectivity index (χ4v) is 3.09. The smallest absolute Gasteiger partial charge is 0.265 e. The molecule has 0 aliphatic rings. The van der Waals surface area contributed by atoms with Gasteiger partial charge >= 0.3 is 0 Å². The lowest BCUT2D eigenvalue weighted by atomic mass is 10.1. The Morgan fingerprint density at radius 1 is 1.13 bits per heavy atom. The first-order valence-corrected chi connectivity index (χ1v) is 8.42. The Hall–Kier alpha value is -2.65.